The molecule has 1 saturated heterocycles. The molecule has 0 radical (unpaired) electrons. The summed E-state index contributed by atoms with van der Waals surface area (Å²) in [6, 6.07) is 14.0. The molecule has 5 rings (SSSR count). The molecule has 2 aliphatic heterocycles. The van der Waals surface area contributed by atoms with E-state index < -0.39 is 0 Å². The number of fused-ring (bicyclic) bond motifs is 1. The summed E-state index contributed by atoms with van der Waals surface area (Å²) in [5, 5.41) is 10.3. The van der Waals surface area contributed by atoms with E-state index >= 15 is 0 Å². The maximum Gasteiger partial charge on any atom is 0.136 e. The van der Waals surface area contributed by atoms with E-state index in [1.807, 2.05) is 23.9 Å². The fourth-order valence-corrected chi connectivity index (χ4v) is 6.83. The number of benzene rings is 2. The molecule has 2 fully saturated rings. The van der Waals surface area contributed by atoms with Crippen molar-refractivity contribution in [2.75, 3.05) is 26.2 Å². The van der Waals surface area contributed by atoms with E-state index in [1.54, 1.807) is 6.07 Å². The lowest BCUT2D eigenvalue weighted by molar-refractivity contribution is 0.177. The molecule has 5 heteroatoms. The van der Waals surface area contributed by atoms with Crippen molar-refractivity contribution in [3.05, 3.63) is 48.0 Å². The van der Waals surface area contributed by atoms with Gasteiger partial charge in [0.2, 0.25) is 0 Å². The van der Waals surface area contributed by atoms with Gasteiger partial charge in [-0.25, -0.2) is 0 Å². The van der Waals surface area contributed by atoms with Crippen molar-refractivity contribution in [2.45, 2.75) is 67.6 Å². The maximum absolute atomic E-state index is 9.94. The molecule has 2 aromatic carbocycles. The van der Waals surface area contributed by atoms with Gasteiger partial charge in [-0.3, -0.25) is 4.90 Å². The highest BCUT2D eigenvalue weighted by Crippen LogP contribution is 2.49. The number of hydrogen-bond donors (Lipinski definition) is 1. The number of hydrogen-bond acceptors (Lipinski definition) is 5. The van der Waals surface area contributed by atoms with Crippen molar-refractivity contribution < 1.29 is 14.6 Å². The second kappa shape index (κ2) is 10.4. The Bertz CT molecular complexity index is 875. The number of likely N-dealkylation sites (tertiary alicyclic amines) is 1. The standard InChI is InChI=1S/C27H35NO3S/c29-22-10-13-24-25(19-22)32-26(18-20-6-2-3-7-20)27(31-24)21-8-11-23(12-9-21)30-17-16-28-14-4-1-5-15-28/h8-13,19-20,26-27,29H,1-7,14-18H2/t26-,27+/m1/s1. The molecule has 3 aliphatic rings. The van der Waals surface area contributed by atoms with Crippen molar-refractivity contribution in [1.29, 1.82) is 0 Å². The number of nitrogens with zero attached hydrogens (tertiary/aromatic N) is 1. The fourth-order valence-electron chi connectivity index (χ4n) is 5.38. The van der Waals surface area contributed by atoms with Crippen LogP contribution in [0.1, 0.15) is 63.0 Å². The smallest absolute Gasteiger partial charge is 0.136 e. The summed E-state index contributed by atoms with van der Waals surface area (Å²) < 4.78 is 12.6. The van der Waals surface area contributed by atoms with Gasteiger partial charge < -0.3 is 14.6 Å². The summed E-state index contributed by atoms with van der Waals surface area (Å²) in [6.45, 7) is 4.18. The van der Waals surface area contributed by atoms with Crippen LogP contribution in [0.5, 0.6) is 17.2 Å². The molecule has 1 aliphatic carbocycles. The Hall–Kier alpha value is -1.85. The highest BCUT2D eigenvalue weighted by Gasteiger charge is 2.34. The van der Waals surface area contributed by atoms with Crippen LogP contribution in [0.3, 0.4) is 0 Å². The van der Waals surface area contributed by atoms with Crippen LogP contribution in [0.25, 0.3) is 0 Å². The Morgan fingerprint density at radius 2 is 1.75 bits per heavy atom. The molecule has 0 unspecified atom stereocenters. The van der Waals surface area contributed by atoms with Crippen LogP contribution in [0.2, 0.25) is 0 Å². The van der Waals surface area contributed by atoms with Crippen LogP contribution in [0, 0.1) is 5.92 Å². The Morgan fingerprint density at radius 1 is 0.969 bits per heavy atom. The molecule has 172 valence electrons. The SMILES string of the molecule is Oc1ccc2c(c1)S[C@H](CC1CCCC1)[C@H](c1ccc(OCCN3CCCCC3)cc1)O2. The fraction of sp³-hybridized carbons (Fsp3) is 0.556. The summed E-state index contributed by atoms with van der Waals surface area (Å²) in [5.74, 6) is 2.91. The first-order chi connectivity index (χ1) is 15.7. The van der Waals surface area contributed by atoms with Gasteiger partial charge in [0, 0.05) is 6.54 Å². The third-order valence-corrected chi connectivity index (χ3v) is 8.49. The summed E-state index contributed by atoms with van der Waals surface area (Å²) in [6.07, 6.45) is 10.6. The van der Waals surface area contributed by atoms with Crippen LogP contribution in [-0.2, 0) is 0 Å². The quantitative estimate of drug-likeness (QED) is 0.523. The molecular formula is C27H35NO3S. The number of thioether (sulfide) groups is 1. The molecule has 0 spiro atoms. The van der Waals surface area contributed by atoms with Gasteiger partial charge in [-0.05, 0) is 74.2 Å². The molecule has 32 heavy (non-hydrogen) atoms. The van der Waals surface area contributed by atoms with E-state index in [4.69, 9.17) is 9.47 Å². The Morgan fingerprint density at radius 3 is 2.53 bits per heavy atom. The number of phenolic OH excluding ortho intramolecular Hbond substituents is 1. The zero-order valence-electron chi connectivity index (χ0n) is 18.9. The lowest BCUT2D eigenvalue weighted by Gasteiger charge is -2.35. The molecule has 0 amide bonds. The molecule has 1 saturated carbocycles. The minimum Gasteiger partial charge on any atom is -0.508 e. The normalized spacial score (nSPS) is 24.1. The van der Waals surface area contributed by atoms with Crippen LogP contribution < -0.4 is 9.47 Å². The van der Waals surface area contributed by atoms with Crippen molar-refractivity contribution in [1.82, 2.24) is 4.90 Å². The van der Waals surface area contributed by atoms with Gasteiger partial charge in [0.25, 0.3) is 0 Å². The number of ether oxygens (including phenoxy) is 2. The first-order valence-corrected chi connectivity index (χ1v) is 13.2. The molecule has 2 aromatic rings. The van der Waals surface area contributed by atoms with Gasteiger partial charge in [0.05, 0.1) is 10.1 Å². The lowest BCUT2D eigenvalue weighted by Crippen LogP contribution is -2.33. The van der Waals surface area contributed by atoms with Gasteiger partial charge in [0.15, 0.2) is 0 Å². The zero-order chi connectivity index (χ0) is 21.8. The van der Waals surface area contributed by atoms with Crippen LogP contribution in [-0.4, -0.2) is 41.5 Å². The van der Waals surface area contributed by atoms with E-state index in [0.29, 0.717) is 11.0 Å². The first kappa shape index (κ1) is 22.0. The monoisotopic (exact) mass is 453 g/mol. The van der Waals surface area contributed by atoms with Gasteiger partial charge in [0.1, 0.15) is 30.0 Å². The Kier molecular flexibility index (Phi) is 7.13. The number of aromatic hydroxyl groups is 1. The van der Waals surface area contributed by atoms with Crippen molar-refractivity contribution >= 4 is 11.8 Å². The second-order valence-corrected chi connectivity index (χ2v) is 10.8. The first-order valence-electron chi connectivity index (χ1n) is 12.4. The van der Waals surface area contributed by atoms with E-state index in [9.17, 15) is 5.11 Å². The summed E-state index contributed by atoms with van der Waals surface area (Å²) in [4.78, 5) is 3.57. The average Bonchev–Trinajstić information content (AvgIpc) is 3.33. The van der Waals surface area contributed by atoms with E-state index in [0.717, 1.165) is 35.5 Å². The van der Waals surface area contributed by atoms with Crippen molar-refractivity contribution in [3.8, 4) is 17.2 Å². The zero-order valence-corrected chi connectivity index (χ0v) is 19.7. The van der Waals surface area contributed by atoms with Crippen molar-refractivity contribution in [2.24, 2.45) is 5.92 Å². The van der Waals surface area contributed by atoms with E-state index in [2.05, 4.69) is 29.2 Å². The van der Waals surface area contributed by atoms with Crippen molar-refractivity contribution in [3.63, 3.8) is 0 Å². The Labute approximate surface area is 196 Å². The number of piperidine rings is 1. The summed E-state index contributed by atoms with van der Waals surface area (Å²) in [7, 11) is 0. The van der Waals surface area contributed by atoms with Gasteiger partial charge in [-0.2, -0.15) is 0 Å². The molecule has 4 nitrogen and oxygen atoms in total. The molecule has 0 aromatic heterocycles. The molecule has 0 bridgehead atoms. The molecule has 2 atom stereocenters. The van der Waals surface area contributed by atoms with Crippen LogP contribution in [0.15, 0.2) is 47.4 Å². The predicted octanol–water partition coefficient (Wildman–Crippen LogP) is 6.43. The van der Waals surface area contributed by atoms with Crippen LogP contribution in [0.4, 0.5) is 0 Å². The molecular weight excluding hydrogens is 418 g/mol. The van der Waals surface area contributed by atoms with E-state index in [1.165, 1.54) is 70.0 Å². The third kappa shape index (κ3) is 5.37. The summed E-state index contributed by atoms with van der Waals surface area (Å²) >= 11 is 1.87. The minimum absolute atomic E-state index is 0.0278. The van der Waals surface area contributed by atoms with Gasteiger partial charge in [-0.1, -0.05) is 44.2 Å². The largest absolute Gasteiger partial charge is 0.508 e. The third-order valence-electron chi connectivity index (χ3n) is 7.17. The highest BCUT2D eigenvalue weighted by atomic mass is 32.2. The molecule has 2 heterocycles. The average molecular weight is 454 g/mol. The van der Waals surface area contributed by atoms with Crippen LogP contribution >= 0.6 is 11.8 Å². The lowest BCUT2D eigenvalue weighted by atomic mass is 9.95. The summed E-state index contributed by atoms with van der Waals surface area (Å²) in [5.41, 5.74) is 1.21. The predicted molar refractivity (Wildman–Crippen MR) is 130 cm³/mol. The molecule has 1 N–H and O–H groups in total. The number of phenols is 1. The Balaban J connectivity index is 1.25. The number of rotatable bonds is 7. The van der Waals surface area contributed by atoms with Gasteiger partial charge in [-0.15, -0.1) is 11.8 Å². The highest BCUT2D eigenvalue weighted by molar-refractivity contribution is 8.00. The topological polar surface area (TPSA) is 41.9 Å². The maximum atomic E-state index is 9.94. The van der Waals surface area contributed by atoms with Gasteiger partial charge >= 0.3 is 0 Å². The van der Waals surface area contributed by atoms with E-state index in [-0.39, 0.29) is 6.10 Å². The second-order valence-electron chi connectivity index (χ2n) is 9.53. The minimum atomic E-state index is 0.0278.